The van der Waals surface area contributed by atoms with Crippen molar-refractivity contribution >= 4 is 12.5 Å². The predicted octanol–water partition coefficient (Wildman–Crippen LogP) is -0.501. The highest BCUT2D eigenvalue weighted by Crippen LogP contribution is 1.35. The minimum atomic E-state index is -1.33. The van der Waals surface area contributed by atoms with Gasteiger partial charge in [0.15, 0.2) is 0 Å². The lowest BCUT2D eigenvalue weighted by Crippen LogP contribution is -2.03. The molecule has 0 heterocycles. The van der Waals surface area contributed by atoms with Crippen molar-refractivity contribution in [1.82, 2.24) is 5.32 Å². The molecule has 5 nitrogen and oxygen atoms in total. The zero-order chi connectivity index (χ0) is 7.70. The summed E-state index contributed by atoms with van der Waals surface area (Å²) >= 11 is 0. The molecule has 0 fully saturated rings. The average molecular weight is 132 g/mol. The van der Waals surface area contributed by atoms with Crippen LogP contribution in [0.2, 0.25) is 0 Å². The van der Waals surface area contributed by atoms with Crippen molar-refractivity contribution in [2.75, 3.05) is 0 Å². The SMILES string of the molecule is C=CNC=O.NC(=O)O. The zero-order valence-corrected chi connectivity index (χ0v) is 4.70. The molecule has 0 saturated heterocycles. The van der Waals surface area contributed by atoms with E-state index in [2.05, 4.69) is 17.6 Å². The van der Waals surface area contributed by atoms with Gasteiger partial charge in [-0.3, -0.25) is 4.79 Å². The van der Waals surface area contributed by atoms with Gasteiger partial charge < -0.3 is 16.2 Å². The van der Waals surface area contributed by atoms with Crippen molar-refractivity contribution in [2.45, 2.75) is 0 Å². The summed E-state index contributed by atoms with van der Waals surface area (Å²) in [5.74, 6) is 0. The van der Waals surface area contributed by atoms with E-state index in [1.807, 2.05) is 0 Å². The molecule has 4 N–H and O–H groups in total. The molecule has 9 heavy (non-hydrogen) atoms. The lowest BCUT2D eigenvalue weighted by atomic mass is 11.0. The van der Waals surface area contributed by atoms with Gasteiger partial charge in [0, 0.05) is 0 Å². The third-order valence-corrected chi connectivity index (χ3v) is 0.186. The molecule has 0 radical (unpaired) electrons. The summed E-state index contributed by atoms with van der Waals surface area (Å²) in [5.41, 5.74) is 4.03. The molecule has 0 aliphatic heterocycles. The summed E-state index contributed by atoms with van der Waals surface area (Å²) in [5, 5.41) is 9.39. The van der Waals surface area contributed by atoms with Gasteiger partial charge in [0.2, 0.25) is 6.41 Å². The van der Waals surface area contributed by atoms with Crippen LogP contribution in [-0.2, 0) is 4.79 Å². The largest absolute Gasteiger partial charge is 0.465 e. The Kier molecular flexibility index (Phi) is 11.3. The quantitative estimate of drug-likeness (QED) is 0.442. The number of carbonyl (C=O) groups is 2. The van der Waals surface area contributed by atoms with Gasteiger partial charge in [-0.25, -0.2) is 4.79 Å². The Bertz CT molecular complexity index is 92.0. The van der Waals surface area contributed by atoms with E-state index in [4.69, 9.17) is 9.90 Å². The van der Waals surface area contributed by atoms with Crippen LogP contribution in [-0.4, -0.2) is 17.6 Å². The Morgan fingerprint density at radius 1 is 1.78 bits per heavy atom. The van der Waals surface area contributed by atoms with Crippen molar-refractivity contribution in [3.63, 3.8) is 0 Å². The molecule has 0 aromatic heterocycles. The second-order valence-corrected chi connectivity index (χ2v) is 0.827. The molecule has 5 heteroatoms. The van der Waals surface area contributed by atoms with Crippen molar-refractivity contribution < 1.29 is 14.7 Å². The molecule has 0 aliphatic carbocycles. The van der Waals surface area contributed by atoms with Crippen LogP contribution in [0.5, 0.6) is 0 Å². The van der Waals surface area contributed by atoms with Crippen LogP contribution in [0.3, 0.4) is 0 Å². The first-order chi connectivity index (χ1) is 4.15. The van der Waals surface area contributed by atoms with Gasteiger partial charge in [0.1, 0.15) is 0 Å². The molecule has 0 unspecified atom stereocenters. The first-order valence-corrected chi connectivity index (χ1v) is 1.94. The van der Waals surface area contributed by atoms with Crippen LogP contribution in [0, 0.1) is 0 Å². The Morgan fingerprint density at radius 2 is 2.11 bits per heavy atom. The lowest BCUT2D eigenvalue weighted by molar-refractivity contribution is -0.108. The van der Waals surface area contributed by atoms with Crippen molar-refractivity contribution in [2.24, 2.45) is 5.73 Å². The van der Waals surface area contributed by atoms with E-state index in [-0.39, 0.29) is 0 Å². The minimum Gasteiger partial charge on any atom is -0.465 e. The Hall–Kier alpha value is -1.52. The lowest BCUT2D eigenvalue weighted by Gasteiger charge is -1.70. The number of hydrogen-bond acceptors (Lipinski definition) is 2. The van der Waals surface area contributed by atoms with Gasteiger partial charge in [0.05, 0.1) is 0 Å². The number of nitrogens with one attached hydrogen (secondary N) is 1. The van der Waals surface area contributed by atoms with Crippen LogP contribution < -0.4 is 11.1 Å². The smallest absolute Gasteiger partial charge is 0.402 e. The maximum absolute atomic E-state index is 9.22. The molecule has 0 rings (SSSR count). The summed E-state index contributed by atoms with van der Waals surface area (Å²) < 4.78 is 0. The van der Waals surface area contributed by atoms with Gasteiger partial charge >= 0.3 is 6.09 Å². The van der Waals surface area contributed by atoms with E-state index in [0.29, 0.717) is 6.41 Å². The van der Waals surface area contributed by atoms with Gasteiger partial charge in [-0.1, -0.05) is 6.58 Å². The summed E-state index contributed by atoms with van der Waals surface area (Å²) in [4.78, 5) is 18.0. The molecule has 0 aliphatic rings. The number of carboxylic acid groups (broad SMARTS) is 1. The molecule has 0 saturated carbocycles. The highest BCUT2D eigenvalue weighted by Gasteiger charge is 1.65. The number of amides is 2. The summed E-state index contributed by atoms with van der Waals surface area (Å²) in [6, 6.07) is 0. The first-order valence-electron chi connectivity index (χ1n) is 1.94. The highest BCUT2D eigenvalue weighted by atomic mass is 16.4. The maximum atomic E-state index is 9.22. The fraction of sp³-hybridized carbons (Fsp3) is 0. The van der Waals surface area contributed by atoms with E-state index >= 15 is 0 Å². The monoisotopic (exact) mass is 132 g/mol. The van der Waals surface area contributed by atoms with Gasteiger partial charge in [-0.15, -0.1) is 0 Å². The molecule has 0 aromatic rings. The van der Waals surface area contributed by atoms with E-state index in [1.54, 1.807) is 0 Å². The Labute approximate surface area is 52.2 Å². The van der Waals surface area contributed by atoms with E-state index in [9.17, 15) is 4.79 Å². The van der Waals surface area contributed by atoms with Crippen molar-refractivity contribution in [1.29, 1.82) is 0 Å². The molecule has 2 amide bonds. The molecule has 0 atom stereocenters. The third-order valence-electron chi connectivity index (χ3n) is 0.186. The minimum absolute atomic E-state index is 0.562. The van der Waals surface area contributed by atoms with Crippen LogP contribution in [0.15, 0.2) is 12.8 Å². The fourth-order valence-electron chi connectivity index (χ4n) is 0.0481. The first kappa shape index (κ1) is 10.5. The summed E-state index contributed by atoms with van der Waals surface area (Å²) in [6.45, 7) is 3.21. The van der Waals surface area contributed by atoms with Gasteiger partial charge in [-0.2, -0.15) is 0 Å². The Balaban J connectivity index is 0. The number of primary amides is 1. The number of carbonyl (C=O) groups excluding carboxylic acids is 1. The van der Waals surface area contributed by atoms with Crippen LogP contribution in [0.4, 0.5) is 4.79 Å². The molecular weight excluding hydrogens is 124 g/mol. The normalized spacial score (nSPS) is 5.78. The standard InChI is InChI=1S/C3H5NO.CH3NO2/c1-2-4-3-5;2-1(3)4/h2-3H,1H2,(H,4,5);2H2,(H,3,4). The zero-order valence-electron chi connectivity index (χ0n) is 4.70. The molecule has 0 bridgehead atoms. The molecule has 52 valence electrons. The topological polar surface area (TPSA) is 92.4 Å². The van der Waals surface area contributed by atoms with Crippen molar-refractivity contribution in [3.05, 3.63) is 12.8 Å². The van der Waals surface area contributed by atoms with E-state index in [0.717, 1.165) is 0 Å². The highest BCUT2D eigenvalue weighted by molar-refractivity contribution is 5.61. The molecular formula is C4H8N2O3. The molecule has 0 spiro atoms. The summed E-state index contributed by atoms with van der Waals surface area (Å²) in [6.07, 6.45) is 0.542. The Morgan fingerprint density at radius 3 is 2.11 bits per heavy atom. The van der Waals surface area contributed by atoms with Crippen molar-refractivity contribution in [3.8, 4) is 0 Å². The molecule has 0 aromatic carbocycles. The van der Waals surface area contributed by atoms with Crippen LogP contribution >= 0.6 is 0 Å². The average Bonchev–Trinajstić information content (AvgIpc) is 1.66. The second-order valence-electron chi connectivity index (χ2n) is 0.827. The van der Waals surface area contributed by atoms with Crippen LogP contribution in [0.25, 0.3) is 0 Å². The van der Waals surface area contributed by atoms with E-state index in [1.165, 1.54) is 6.20 Å². The number of rotatable bonds is 2. The van der Waals surface area contributed by atoms with Gasteiger partial charge in [0.25, 0.3) is 0 Å². The third kappa shape index (κ3) is 564. The predicted molar refractivity (Wildman–Crippen MR) is 31.6 cm³/mol. The van der Waals surface area contributed by atoms with Gasteiger partial charge in [-0.05, 0) is 6.20 Å². The second kappa shape index (κ2) is 9.70. The fourth-order valence-corrected chi connectivity index (χ4v) is 0.0481. The van der Waals surface area contributed by atoms with Crippen LogP contribution in [0.1, 0.15) is 0 Å². The number of hydrogen-bond donors (Lipinski definition) is 3. The summed E-state index contributed by atoms with van der Waals surface area (Å²) in [7, 11) is 0. The number of nitrogens with two attached hydrogens (primary N) is 1. The maximum Gasteiger partial charge on any atom is 0.402 e. The van der Waals surface area contributed by atoms with E-state index < -0.39 is 6.09 Å².